The van der Waals surface area contributed by atoms with Crippen molar-refractivity contribution in [2.75, 3.05) is 4.90 Å². The number of aryl methyl sites for hydroxylation is 2. The van der Waals surface area contributed by atoms with E-state index in [-0.39, 0.29) is 10.8 Å². The highest BCUT2D eigenvalue weighted by atomic mass is 32.1. The Labute approximate surface area is 345 Å². The second kappa shape index (κ2) is 12.6. The van der Waals surface area contributed by atoms with Crippen LogP contribution in [0.4, 0.5) is 17.1 Å². The Morgan fingerprint density at radius 2 is 1.07 bits per heavy atom. The van der Waals surface area contributed by atoms with Gasteiger partial charge in [0.25, 0.3) is 0 Å². The summed E-state index contributed by atoms with van der Waals surface area (Å²) in [7, 11) is 0. The molecule has 2 aliphatic carbocycles. The lowest BCUT2D eigenvalue weighted by molar-refractivity contribution is 0.659. The molecule has 1 heterocycles. The van der Waals surface area contributed by atoms with Crippen molar-refractivity contribution in [2.24, 2.45) is 0 Å². The molecule has 0 N–H and O–H groups in total. The van der Waals surface area contributed by atoms with Crippen LogP contribution in [0.2, 0.25) is 0 Å². The molecule has 1 aromatic heterocycles. The van der Waals surface area contributed by atoms with E-state index < -0.39 is 0 Å². The molecule has 0 saturated heterocycles. The summed E-state index contributed by atoms with van der Waals surface area (Å²) in [6.07, 6.45) is 0. The van der Waals surface area contributed by atoms with Gasteiger partial charge in [-0.1, -0.05) is 149 Å². The van der Waals surface area contributed by atoms with Crippen molar-refractivity contribution in [2.45, 2.75) is 52.4 Å². The lowest BCUT2D eigenvalue weighted by Gasteiger charge is -2.29. The van der Waals surface area contributed by atoms with E-state index in [2.05, 4.69) is 210 Å². The zero-order chi connectivity index (χ0) is 39.5. The summed E-state index contributed by atoms with van der Waals surface area (Å²) in [5, 5.41) is 2.66. The van der Waals surface area contributed by atoms with Crippen LogP contribution in [-0.2, 0) is 10.8 Å². The molecule has 11 rings (SSSR count). The zero-order valence-corrected chi connectivity index (χ0v) is 34.8. The molecule has 0 radical (unpaired) electrons. The first-order chi connectivity index (χ1) is 28.1. The van der Waals surface area contributed by atoms with E-state index in [0.717, 1.165) is 11.4 Å². The molecule has 0 spiro atoms. The predicted octanol–water partition coefficient (Wildman–Crippen LogP) is 16.1. The third-order valence-corrected chi connectivity index (χ3v) is 14.4. The molecular weight excluding hydrogens is 719 g/mol. The molecule has 58 heavy (non-hydrogen) atoms. The maximum absolute atomic E-state index is 2.48. The lowest BCUT2D eigenvalue weighted by atomic mass is 9.81. The van der Waals surface area contributed by atoms with Crippen molar-refractivity contribution in [1.29, 1.82) is 0 Å². The Bertz CT molecular complexity index is 3140. The molecule has 0 bridgehead atoms. The fourth-order valence-corrected chi connectivity index (χ4v) is 11.5. The van der Waals surface area contributed by atoms with E-state index in [1.54, 1.807) is 0 Å². The summed E-state index contributed by atoms with van der Waals surface area (Å²) in [4.78, 5) is 2.48. The topological polar surface area (TPSA) is 3.24 Å². The molecule has 1 nitrogen and oxygen atoms in total. The molecule has 8 aromatic carbocycles. The van der Waals surface area contributed by atoms with Gasteiger partial charge in [0.05, 0.1) is 5.69 Å². The van der Waals surface area contributed by atoms with Crippen LogP contribution in [-0.4, -0.2) is 0 Å². The predicted molar refractivity (Wildman–Crippen MR) is 249 cm³/mol. The Morgan fingerprint density at radius 3 is 1.93 bits per heavy atom. The monoisotopic (exact) mass is 763 g/mol. The Hall–Kier alpha value is -6.22. The van der Waals surface area contributed by atoms with E-state index in [0.29, 0.717) is 0 Å². The summed E-state index contributed by atoms with van der Waals surface area (Å²) in [6.45, 7) is 14.0. The maximum atomic E-state index is 2.48. The number of fused-ring (bicyclic) bond motifs is 9. The highest BCUT2D eigenvalue weighted by Crippen LogP contribution is 2.55. The Morgan fingerprint density at radius 1 is 0.414 bits per heavy atom. The molecule has 2 heteroatoms. The van der Waals surface area contributed by atoms with Crippen molar-refractivity contribution >= 4 is 48.6 Å². The van der Waals surface area contributed by atoms with Crippen molar-refractivity contribution < 1.29 is 0 Å². The second-order valence-electron chi connectivity index (χ2n) is 17.5. The number of rotatable bonds is 5. The molecule has 0 fully saturated rings. The Kier molecular flexibility index (Phi) is 7.62. The average molecular weight is 764 g/mol. The first-order valence-electron chi connectivity index (χ1n) is 20.5. The van der Waals surface area contributed by atoms with Gasteiger partial charge in [0.15, 0.2) is 0 Å². The van der Waals surface area contributed by atoms with Gasteiger partial charge in [0.1, 0.15) is 0 Å². The third-order valence-electron chi connectivity index (χ3n) is 13.2. The van der Waals surface area contributed by atoms with Crippen LogP contribution in [0.5, 0.6) is 0 Å². The third kappa shape index (κ3) is 5.14. The van der Waals surface area contributed by atoms with Gasteiger partial charge in [-0.25, -0.2) is 0 Å². The molecule has 280 valence electrons. The number of benzene rings is 8. The van der Waals surface area contributed by atoms with Crippen LogP contribution in [0.15, 0.2) is 164 Å². The quantitative estimate of drug-likeness (QED) is 0.169. The van der Waals surface area contributed by atoms with Crippen LogP contribution in [0.1, 0.15) is 61.1 Å². The van der Waals surface area contributed by atoms with E-state index in [9.17, 15) is 0 Å². The first-order valence-corrected chi connectivity index (χ1v) is 21.3. The highest BCUT2D eigenvalue weighted by molar-refractivity contribution is 7.25. The van der Waals surface area contributed by atoms with E-state index in [4.69, 9.17) is 0 Å². The minimum absolute atomic E-state index is 0.0355. The molecule has 0 atom stereocenters. The first kappa shape index (κ1) is 35.0. The second-order valence-corrected chi connectivity index (χ2v) is 18.6. The van der Waals surface area contributed by atoms with Gasteiger partial charge < -0.3 is 4.90 Å². The van der Waals surface area contributed by atoms with Gasteiger partial charge in [0, 0.05) is 47.9 Å². The van der Waals surface area contributed by atoms with Gasteiger partial charge in [-0.15, -0.1) is 11.3 Å². The maximum Gasteiger partial charge on any atom is 0.0543 e. The van der Waals surface area contributed by atoms with Crippen molar-refractivity contribution in [3.8, 4) is 44.5 Å². The lowest BCUT2D eigenvalue weighted by Crippen LogP contribution is -2.16. The van der Waals surface area contributed by atoms with Crippen LogP contribution in [0, 0.1) is 13.8 Å². The normalized spacial score (nSPS) is 14.3. The number of hydrogen-bond acceptors (Lipinski definition) is 2. The zero-order valence-electron chi connectivity index (χ0n) is 33.9. The molecule has 0 unspecified atom stereocenters. The molecule has 9 aromatic rings. The smallest absolute Gasteiger partial charge is 0.0543 e. The Balaban J connectivity index is 1.06. The molecule has 2 aliphatic rings. The molecule has 0 saturated carbocycles. The number of anilines is 3. The molecule has 0 amide bonds. The highest BCUT2D eigenvalue weighted by Gasteiger charge is 2.38. The summed E-state index contributed by atoms with van der Waals surface area (Å²) < 4.78 is 2.66. The van der Waals surface area contributed by atoms with E-state index in [1.165, 1.54) is 104 Å². The summed E-state index contributed by atoms with van der Waals surface area (Å²) in [6, 6.07) is 61.8. The van der Waals surface area contributed by atoms with Gasteiger partial charge in [-0.3, -0.25) is 0 Å². The van der Waals surface area contributed by atoms with Crippen molar-refractivity contribution in [3.05, 3.63) is 197 Å². The molecule has 0 aliphatic heterocycles. The van der Waals surface area contributed by atoms with Crippen molar-refractivity contribution in [3.63, 3.8) is 0 Å². The fraction of sp³-hybridized carbons (Fsp3) is 0.143. The summed E-state index contributed by atoms with van der Waals surface area (Å²) in [5.74, 6) is 0. The average Bonchev–Trinajstić information content (AvgIpc) is 3.80. The van der Waals surface area contributed by atoms with Gasteiger partial charge >= 0.3 is 0 Å². The number of thiophene rings is 1. The van der Waals surface area contributed by atoms with Crippen LogP contribution >= 0.6 is 11.3 Å². The van der Waals surface area contributed by atoms with E-state index >= 15 is 0 Å². The number of nitrogens with zero attached hydrogens (tertiary/aromatic N) is 1. The van der Waals surface area contributed by atoms with E-state index in [1.807, 2.05) is 11.3 Å². The van der Waals surface area contributed by atoms with Crippen molar-refractivity contribution in [1.82, 2.24) is 0 Å². The fourth-order valence-electron chi connectivity index (χ4n) is 10.3. The van der Waals surface area contributed by atoms with Crippen LogP contribution in [0.3, 0.4) is 0 Å². The molecular formula is C56H45NS. The van der Waals surface area contributed by atoms with Gasteiger partial charge in [-0.05, 0) is 129 Å². The minimum atomic E-state index is -0.101. The number of hydrogen-bond donors (Lipinski definition) is 0. The summed E-state index contributed by atoms with van der Waals surface area (Å²) in [5.41, 5.74) is 21.9. The minimum Gasteiger partial charge on any atom is -0.310 e. The summed E-state index contributed by atoms with van der Waals surface area (Å²) >= 11 is 1.87. The largest absolute Gasteiger partial charge is 0.310 e. The van der Waals surface area contributed by atoms with Crippen LogP contribution < -0.4 is 4.90 Å². The van der Waals surface area contributed by atoms with Gasteiger partial charge in [-0.2, -0.15) is 0 Å². The van der Waals surface area contributed by atoms with Crippen LogP contribution in [0.25, 0.3) is 64.7 Å². The van der Waals surface area contributed by atoms with Gasteiger partial charge in [0.2, 0.25) is 0 Å². The SMILES string of the molecule is Cc1cc(C)c2c(c1)C(C)(C)c1ccc(-c3cccc(N(c4ccc(-c5ccc6c(c5)sc5ccccc56)cc4)c4cccc5c4-c4ccccc4C5(C)C)c3)cc1-2. The standard InChI is InChI=1S/C56H45NS/c1-34-29-35(2)53-45-32-38(24-28-47(45)56(5,6)49(53)30-34)37-13-11-14-41(31-37)57(50-19-12-18-48-54(50)44-16-7-9-17-46(44)55(48,3)4)40-25-21-36(22-26-40)39-23-27-43-42-15-8-10-20-51(42)58-52(43)33-39/h7-33H,1-6H3.